The SMILES string of the molecule is Cc1cc(Br)ccc1-n1ccc(=O)nc1SCC(=O)O. The van der Waals surface area contributed by atoms with Crippen molar-refractivity contribution >= 4 is 33.7 Å². The molecular weight excluding hydrogens is 344 g/mol. The van der Waals surface area contributed by atoms with Crippen molar-refractivity contribution in [3.05, 3.63) is 50.9 Å². The summed E-state index contributed by atoms with van der Waals surface area (Å²) in [6.45, 7) is 1.93. The highest BCUT2D eigenvalue weighted by Crippen LogP contribution is 2.23. The van der Waals surface area contributed by atoms with E-state index in [1.807, 2.05) is 25.1 Å². The van der Waals surface area contributed by atoms with Crippen LogP contribution in [0, 0.1) is 6.92 Å². The Hall–Kier alpha value is -1.60. The molecule has 20 heavy (non-hydrogen) atoms. The van der Waals surface area contributed by atoms with Gasteiger partial charge in [0, 0.05) is 16.7 Å². The van der Waals surface area contributed by atoms with Gasteiger partial charge in [-0.1, -0.05) is 27.7 Å². The molecule has 0 aliphatic carbocycles. The smallest absolute Gasteiger partial charge is 0.313 e. The van der Waals surface area contributed by atoms with Crippen LogP contribution < -0.4 is 5.56 Å². The number of aliphatic carboxylic acids is 1. The molecule has 7 heteroatoms. The molecule has 0 aliphatic heterocycles. The van der Waals surface area contributed by atoms with E-state index in [1.54, 1.807) is 10.8 Å². The van der Waals surface area contributed by atoms with Crippen molar-refractivity contribution in [2.24, 2.45) is 0 Å². The second-order valence-electron chi connectivity index (χ2n) is 4.03. The largest absolute Gasteiger partial charge is 0.481 e. The molecule has 0 fully saturated rings. The lowest BCUT2D eigenvalue weighted by atomic mass is 10.2. The number of halogens is 1. The van der Waals surface area contributed by atoms with Gasteiger partial charge in [-0.15, -0.1) is 0 Å². The number of rotatable bonds is 4. The number of carboxylic acids is 1. The number of carbonyl (C=O) groups is 1. The molecule has 0 radical (unpaired) electrons. The Morgan fingerprint density at radius 1 is 1.45 bits per heavy atom. The predicted molar refractivity (Wildman–Crippen MR) is 80.6 cm³/mol. The van der Waals surface area contributed by atoms with Crippen LogP contribution in [0.2, 0.25) is 0 Å². The van der Waals surface area contributed by atoms with Crippen LogP contribution in [-0.2, 0) is 4.79 Å². The van der Waals surface area contributed by atoms with Crippen LogP contribution in [0.5, 0.6) is 0 Å². The maximum Gasteiger partial charge on any atom is 0.313 e. The van der Waals surface area contributed by atoms with Crippen molar-refractivity contribution in [3.63, 3.8) is 0 Å². The number of carboxylic acid groups (broad SMARTS) is 1. The molecule has 0 aliphatic rings. The molecule has 0 spiro atoms. The second kappa shape index (κ2) is 6.23. The van der Waals surface area contributed by atoms with Crippen molar-refractivity contribution < 1.29 is 9.90 Å². The predicted octanol–water partition coefficient (Wildman–Crippen LogP) is 2.48. The quantitative estimate of drug-likeness (QED) is 0.674. The minimum atomic E-state index is -0.952. The van der Waals surface area contributed by atoms with Gasteiger partial charge in [0.25, 0.3) is 5.56 Å². The van der Waals surface area contributed by atoms with Crippen LogP contribution in [0.3, 0.4) is 0 Å². The fraction of sp³-hybridized carbons (Fsp3) is 0.154. The zero-order chi connectivity index (χ0) is 14.7. The number of aromatic nitrogens is 2. The first-order valence-electron chi connectivity index (χ1n) is 5.68. The lowest BCUT2D eigenvalue weighted by Crippen LogP contribution is -2.13. The fourth-order valence-corrected chi connectivity index (χ4v) is 2.87. The molecule has 5 nitrogen and oxygen atoms in total. The Labute approximate surface area is 127 Å². The summed E-state index contributed by atoms with van der Waals surface area (Å²) < 4.78 is 2.67. The molecule has 1 heterocycles. The first kappa shape index (κ1) is 14.8. The number of benzene rings is 1. The molecule has 2 aromatic rings. The number of nitrogens with zero attached hydrogens (tertiary/aromatic N) is 2. The molecule has 1 N–H and O–H groups in total. The third kappa shape index (κ3) is 3.49. The summed E-state index contributed by atoms with van der Waals surface area (Å²) in [5.41, 5.74) is 1.46. The van der Waals surface area contributed by atoms with Gasteiger partial charge in [-0.2, -0.15) is 4.98 Å². The Bertz CT molecular complexity index is 715. The van der Waals surface area contributed by atoms with E-state index in [4.69, 9.17) is 5.11 Å². The molecule has 1 aromatic heterocycles. The number of aryl methyl sites for hydroxylation is 1. The average Bonchev–Trinajstić information content (AvgIpc) is 2.37. The first-order valence-corrected chi connectivity index (χ1v) is 7.46. The monoisotopic (exact) mass is 354 g/mol. The van der Waals surface area contributed by atoms with Crippen molar-refractivity contribution in [3.8, 4) is 5.69 Å². The third-order valence-electron chi connectivity index (χ3n) is 2.52. The zero-order valence-electron chi connectivity index (χ0n) is 10.5. The van der Waals surface area contributed by atoms with Gasteiger partial charge in [0.1, 0.15) is 0 Å². The molecule has 0 atom stereocenters. The molecular formula is C13H11BrN2O3S. The summed E-state index contributed by atoms with van der Waals surface area (Å²) in [5, 5.41) is 9.12. The van der Waals surface area contributed by atoms with E-state index < -0.39 is 5.97 Å². The van der Waals surface area contributed by atoms with Gasteiger partial charge in [0.05, 0.1) is 11.4 Å². The Morgan fingerprint density at radius 3 is 2.85 bits per heavy atom. The van der Waals surface area contributed by atoms with Gasteiger partial charge < -0.3 is 5.11 Å². The molecule has 0 bridgehead atoms. The summed E-state index contributed by atoms with van der Waals surface area (Å²) >= 11 is 4.41. The van der Waals surface area contributed by atoms with Crippen molar-refractivity contribution in [2.75, 3.05) is 5.75 Å². The van der Waals surface area contributed by atoms with Crippen molar-refractivity contribution in [1.29, 1.82) is 0 Å². The summed E-state index contributed by atoms with van der Waals surface area (Å²) in [5.74, 6) is -1.10. The maximum atomic E-state index is 11.4. The molecule has 0 saturated carbocycles. The highest BCUT2D eigenvalue weighted by atomic mass is 79.9. The Morgan fingerprint density at radius 2 is 2.20 bits per heavy atom. The Kier molecular flexibility index (Phi) is 4.61. The van der Waals surface area contributed by atoms with Gasteiger partial charge in [-0.05, 0) is 30.7 Å². The van der Waals surface area contributed by atoms with E-state index in [0.717, 1.165) is 27.5 Å². The summed E-state index contributed by atoms with van der Waals surface area (Å²) in [6.07, 6.45) is 1.61. The van der Waals surface area contributed by atoms with Crippen molar-refractivity contribution in [1.82, 2.24) is 9.55 Å². The van der Waals surface area contributed by atoms with E-state index in [9.17, 15) is 9.59 Å². The van der Waals surface area contributed by atoms with Gasteiger partial charge >= 0.3 is 5.97 Å². The highest BCUT2D eigenvalue weighted by Gasteiger charge is 2.10. The summed E-state index contributed by atoms with van der Waals surface area (Å²) in [6, 6.07) is 7.06. The lowest BCUT2D eigenvalue weighted by molar-refractivity contribution is -0.133. The van der Waals surface area contributed by atoms with E-state index in [-0.39, 0.29) is 11.3 Å². The maximum absolute atomic E-state index is 11.4. The van der Waals surface area contributed by atoms with Crippen LogP contribution in [0.4, 0.5) is 0 Å². The van der Waals surface area contributed by atoms with E-state index >= 15 is 0 Å². The standard InChI is InChI=1S/C13H11BrN2O3S/c1-8-6-9(14)2-3-10(8)16-5-4-11(17)15-13(16)20-7-12(18)19/h2-6H,7H2,1H3,(H,18,19). The molecule has 0 amide bonds. The lowest BCUT2D eigenvalue weighted by Gasteiger charge is -2.13. The number of thioether (sulfide) groups is 1. The minimum absolute atomic E-state index is 0.147. The molecule has 1 aromatic carbocycles. The third-order valence-corrected chi connectivity index (χ3v) is 3.95. The molecule has 104 valence electrons. The van der Waals surface area contributed by atoms with Crippen LogP contribution >= 0.6 is 27.7 Å². The Balaban J connectivity index is 2.49. The van der Waals surface area contributed by atoms with Gasteiger partial charge in [-0.25, -0.2) is 0 Å². The highest BCUT2D eigenvalue weighted by molar-refractivity contribution is 9.10. The van der Waals surface area contributed by atoms with Gasteiger partial charge in [0.2, 0.25) is 0 Å². The molecule has 2 rings (SSSR count). The summed E-state index contributed by atoms with van der Waals surface area (Å²) in [4.78, 5) is 25.9. The van der Waals surface area contributed by atoms with Crippen LogP contribution in [0.15, 0.2) is 44.9 Å². The minimum Gasteiger partial charge on any atom is -0.481 e. The average molecular weight is 355 g/mol. The number of hydrogen-bond donors (Lipinski definition) is 1. The van der Waals surface area contributed by atoms with Gasteiger partial charge in [-0.3, -0.25) is 14.2 Å². The van der Waals surface area contributed by atoms with Crippen molar-refractivity contribution in [2.45, 2.75) is 12.1 Å². The summed E-state index contributed by atoms with van der Waals surface area (Å²) in [7, 11) is 0. The molecule has 0 saturated heterocycles. The second-order valence-corrected chi connectivity index (χ2v) is 5.89. The van der Waals surface area contributed by atoms with Crippen LogP contribution in [0.1, 0.15) is 5.56 Å². The van der Waals surface area contributed by atoms with Crippen LogP contribution in [0.25, 0.3) is 5.69 Å². The molecule has 0 unspecified atom stereocenters. The normalized spacial score (nSPS) is 10.5. The van der Waals surface area contributed by atoms with E-state index in [0.29, 0.717) is 5.16 Å². The van der Waals surface area contributed by atoms with Gasteiger partial charge in [0.15, 0.2) is 5.16 Å². The van der Waals surface area contributed by atoms with Crippen LogP contribution in [-0.4, -0.2) is 26.4 Å². The zero-order valence-corrected chi connectivity index (χ0v) is 12.9. The number of hydrogen-bond acceptors (Lipinski definition) is 4. The first-order chi connectivity index (χ1) is 9.47. The van der Waals surface area contributed by atoms with E-state index in [1.165, 1.54) is 6.07 Å². The van der Waals surface area contributed by atoms with E-state index in [2.05, 4.69) is 20.9 Å². The topological polar surface area (TPSA) is 72.2 Å². The fourth-order valence-electron chi connectivity index (χ4n) is 1.69.